The Labute approximate surface area is 105 Å². The number of amides is 1. The van der Waals surface area contributed by atoms with Crippen LogP contribution in [0.2, 0.25) is 0 Å². The molecule has 1 rings (SSSR count). The minimum absolute atomic E-state index is 0.0734. The predicted molar refractivity (Wildman–Crippen MR) is 64.3 cm³/mol. The van der Waals surface area contributed by atoms with Crippen molar-refractivity contribution in [2.24, 2.45) is 0 Å². The standard InChI is InChI=1S/C12H17NO5/c1-8-4-9(2-3-10(8)17)11(18)13-12(5-14,6-15)7-16/h2-4,14-17H,5-7H2,1H3,(H,13,18). The quantitative estimate of drug-likeness (QED) is 0.470. The maximum absolute atomic E-state index is 11.9. The van der Waals surface area contributed by atoms with Gasteiger partial charge in [-0.25, -0.2) is 0 Å². The zero-order chi connectivity index (χ0) is 13.8. The zero-order valence-corrected chi connectivity index (χ0v) is 10.1. The van der Waals surface area contributed by atoms with Gasteiger partial charge >= 0.3 is 0 Å². The van der Waals surface area contributed by atoms with Crippen LogP contribution >= 0.6 is 0 Å². The summed E-state index contributed by atoms with van der Waals surface area (Å²) in [7, 11) is 0. The van der Waals surface area contributed by atoms with E-state index >= 15 is 0 Å². The molecule has 0 heterocycles. The van der Waals surface area contributed by atoms with Gasteiger partial charge in [0, 0.05) is 5.56 Å². The summed E-state index contributed by atoms with van der Waals surface area (Å²) in [6.07, 6.45) is 0. The van der Waals surface area contributed by atoms with Crippen LogP contribution in [-0.2, 0) is 0 Å². The van der Waals surface area contributed by atoms with Crippen molar-refractivity contribution in [3.05, 3.63) is 29.3 Å². The summed E-state index contributed by atoms with van der Waals surface area (Å²) in [6.45, 7) is -0.0993. The fraction of sp³-hybridized carbons (Fsp3) is 0.417. The van der Waals surface area contributed by atoms with Crippen LogP contribution in [-0.4, -0.2) is 51.7 Å². The molecule has 0 spiro atoms. The van der Waals surface area contributed by atoms with Crippen molar-refractivity contribution >= 4 is 5.91 Å². The van der Waals surface area contributed by atoms with Crippen LogP contribution in [0.3, 0.4) is 0 Å². The molecule has 0 aromatic heterocycles. The third-order valence-corrected chi connectivity index (χ3v) is 2.75. The highest BCUT2D eigenvalue weighted by molar-refractivity contribution is 5.95. The topological polar surface area (TPSA) is 110 Å². The first-order valence-corrected chi connectivity index (χ1v) is 5.43. The molecule has 0 aliphatic rings. The number of nitrogens with one attached hydrogen (secondary N) is 1. The predicted octanol–water partition coefficient (Wildman–Crippen LogP) is -0.854. The number of aryl methyl sites for hydroxylation is 1. The molecule has 6 nitrogen and oxygen atoms in total. The molecule has 0 atom stereocenters. The van der Waals surface area contributed by atoms with Gasteiger partial charge in [0.1, 0.15) is 11.3 Å². The average Bonchev–Trinajstić information content (AvgIpc) is 2.39. The fourth-order valence-corrected chi connectivity index (χ4v) is 1.38. The molecule has 100 valence electrons. The Bertz CT molecular complexity index is 420. The van der Waals surface area contributed by atoms with Crippen molar-refractivity contribution in [1.82, 2.24) is 5.32 Å². The van der Waals surface area contributed by atoms with Crippen molar-refractivity contribution in [2.45, 2.75) is 12.5 Å². The van der Waals surface area contributed by atoms with Crippen LogP contribution in [0.5, 0.6) is 5.75 Å². The van der Waals surface area contributed by atoms with E-state index in [4.69, 9.17) is 15.3 Å². The number of phenolic OH excluding ortho intramolecular Hbond substituents is 1. The van der Waals surface area contributed by atoms with Crippen molar-refractivity contribution in [3.8, 4) is 5.75 Å². The second-order valence-electron chi connectivity index (χ2n) is 4.21. The molecular weight excluding hydrogens is 238 g/mol. The Morgan fingerprint density at radius 3 is 2.22 bits per heavy atom. The summed E-state index contributed by atoms with van der Waals surface area (Å²) < 4.78 is 0. The molecule has 0 aliphatic carbocycles. The van der Waals surface area contributed by atoms with Gasteiger partial charge in [0.25, 0.3) is 5.91 Å². The summed E-state index contributed by atoms with van der Waals surface area (Å²) in [6, 6.07) is 4.26. The van der Waals surface area contributed by atoms with Gasteiger partial charge in [-0.3, -0.25) is 4.79 Å². The highest BCUT2D eigenvalue weighted by Crippen LogP contribution is 2.17. The Kier molecular flexibility index (Phi) is 4.66. The third kappa shape index (κ3) is 2.98. The number of carbonyl (C=O) groups excluding carboxylic acids is 1. The molecule has 18 heavy (non-hydrogen) atoms. The molecular formula is C12H17NO5. The molecule has 0 fully saturated rings. The maximum Gasteiger partial charge on any atom is 0.251 e. The van der Waals surface area contributed by atoms with E-state index in [1.54, 1.807) is 6.92 Å². The number of hydrogen-bond donors (Lipinski definition) is 5. The van der Waals surface area contributed by atoms with Crippen molar-refractivity contribution < 1.29 is 25.2 Å². The summed E-state index contributed by atoms with van der Waals surface area (Å²) in [5.41, 5.74) is -0.654. The monoisotopic (exact) mass is 255 g/mol. The van der Waals surface area contributed by atoms with Gasteiger partial charge in [-0.2, -0.15) is 0 Å². The van der Waals surface area contributed by atoms with E-state index in [1.807, 2.05) is 0 Å². The summed E-state index contributed by atoms with van der Waals surface area (Å²) in [5.74, 6) is -0.473. The number of phenols is 1. The van der Waals surface area contributed by atoms with Gasteiger partial charge in [0.05, 0.1) is 19.8 Å². The van der Waals surface area contributed by atoms with E-state index in [2.05, 4.69) is 5.32 Å². The van der Waals surface area contributed by atoms with Gasteiger partial charge in [0.15, 0.2) is 0 Å². The molecule has 0 radical (unpaired) electrons. The smallest absolute Gasteiger partial charge is 0.251 e. The number of rotatable bonds is 5. The van der Waals surface area contributed by atoms with Crippen LogP contribution < -0.4 is 5.32 Å². The molecule has 0 saturated heterocycles. The molecule has 0 saturated carbocycles. The van der Waals surface area contributed by atoms with Crippen LogP contribution in [0.4, 0.5) is 0 Å². The lowest BCUT2D eigenvalue weighted by molar-refractivity contribution is 0.0375. The lowest BCUT2D eigenvalue weighted by Crippen LogP contribution is -2.57. The van der Waals surface area contributed by atoms with Crippen LogP contribution in [0.25, 0.3) is 0 Å². The number of aliphatic hydroxyl groups is 3. The van der Waals surface area contributed by atoms with Crippen LogP contribution in [0, 0.1) is 6.92 Å². The Balaban J connectivity index is 2.90. The lowest BCUT2D eigenvalue weighted by atomic mass is 10.0. The number of hydrogen-bond acceptors (Lipinski definition) is 5. The maximum atomic E-state index is 11.9. The first kappa shape index (κ1) is 14.4. The molecule has 0 aliphatic heterocycles. The van der Waals surface area contributed by atoms with Gasteiger partial charge in [0.2, 0.25) is 0 Å². The summed E-state index contributed by atoms with van der Waals surface area (Å²) in [4.78, 5) is 11.9. The van der Waals surface area contributed by atoms with Crippen LogP contribution in [0.15, 0.2) is 18.2 Å². The van der Waals surface area contributed by atoms with Crippen molar-refractivity contribution in [2.75, 3.05) is 19.8 Å². The van der Waals surface area contributed by atoms with E-state index in [0.717, 1.165) is 0 Å². The van der Waals surface area contributed by atoms with E-state index in [-0.39, 0.29) is 11.3 Å². The van der Waals surface area contributed by atoms with Gasteiger partial charge in [-0.1, -0.05) is 0 Å². The first-order chi connectivity index (χ1) is 8.48. The Hall–Kier alpha value is -1.63. The molecule has 6 heteroatoms. The number of aromatic hydroxyl groups is 1. The second-order valence-corrected chi connectivity index (χ2v) is 4.21. The number of aliphatic hydroxyl groups excluding tert-OH is 3. The summed E-state index contributed by atoms with van der Waals surface area (Å²) >= 11 is 0. The molecule has 5 N–H and O–H groups in total. The minimum atomic E-state index is -1.46. The van der Waals surface area contributed by atoms with Gasteiger partial charge in [-0.15, -0.1) is 0 Å². The largest absolute Gasteiger partial charge is 0.508 e. The second kappa shape index (κ2) is 5.81. The zero-order valence-electron chi connectivity index (χ0n) is 10.1. The Morgan fingerprint density at radius 2 is 1.78 bits per heavy atom. The fourth-order valence-electron chi connectivity index (χ4n) is 1.38. The van der Waals surface area contributed by atoms with Crippen molar-refractivity contribution in [1.29, 1.82) is 0 Å². The number of carbonyl (C=O) groups is 1. The molecule has 0 unspecified atom stereocenters. The SMILES string of the molecule is Cc1cc(C(=O)NC(CO)(CO)CO)ccc1O. The third-order valence-electron chi connectivity index (χ3n) is 2.75. The molecule has 1 amide bonds. The highest BCUT2D eigenvalue weighted by Gasteiger charge is 2.30. The normalized spacial score (nSPS) is 11.3. The number of benzene rings is 1. The van der Waals surface area contributed by atoms with E-state index < -0.39 is 31.3 Å². The first-order valence-electron chi connectivity index (χ1n) is 5.43. The van der Waals surface area contributed by atoms with Crippen molar-refractivity contribution in [3.63, 3.8) is 0 Å². The Morgan fingerprint density at radius 1 is 1.22 bits per heavy atom. The molecule has 0 bridgehead atoms. The van der Waals surface area contributed by atoms with Gasteiger partial charge < -0.3 is 25.7 Å². The van der Waals surface area contributed by atoms with Gasteiger partial charge in [-0.05, 0) is 30.7 Å². The van der Waals surface area contributed by atoms with Crippen LogP contribution in [0.1, 0.15) is 15.9 Å². The minimum Gasteiger partial charge on any atom is -0.508 e. The van der Waals surface area contributed by atoms with E-state index in [0.29, 0.717) is 5.56 Å². The van der Waals surface area contributed by atoms with E-state index in [9.17, 15) is 9.90 Å². The molecule has 1 aromatic carbocycles. The molecule has 1 aromatic rings. The summed E-state index contributed by atoms with van der Waals surface area (Å²) in [5, 5.41) is 39.0. The highest BCUT2D eigenvalue weighted by atomic mass is 16.3. The van der Waals surface area contributed by atoms with E-state index in [1.165, 1.54) is 18.2 Å². The lowest BCUT2D eigenvalue weighted by Gasteiger charge is -2.28. The average molecular weight is 255 g/mol.